The summed E-state index contributed by atoms with van der Waals surface area (Å²) in [6.45, 7) is 11.8. The molecule has 0 radical (unpaired) electrons. The molecule has 2 fully saturated rings. The number of piperazine rings is 1. The Morgan fingerprint density at radius 3 is 2.33 bits per heavy atom. The minimum atomic E-state index is -0.267. The Balaban J connectivity index is 1.54. The summed E-state index contributed by atoms with van der Waals surface area (Å²) >= 11 is 0. The van der Waals surface area contributed by atoms with Gasteiger partial charge in [0.05, 0.1) is 6.42 Å². The molecule has 3 rings (SSSR count). The second kappa shape index (κ2) is 8.01. The van der Waals surface area contributed by atoms with Crippen molar-refractivity contribution in [1.29, 1.82) is 0 Å². The molecule has 0 bridgehead atoms. The van der Waals surface area contributed by atoms with Crippen LogP contribution in [0.15, 0.2) is 18.2 Å². The third-order valence-electron chi connectivity index (χ3n) is 5.70. The van der Waals surface area contributed by atoms with Crippen molar-refractivity contribution in [1.82, 2.24) is 9.80 Å². The van der Waals surface area contributed by atoms with E-state index in [1.54, 1.807) is 0 Å². The van der Waals surface area contributed by atoms with E-state index < -0.39 is 0 Å². The lowest BCUT2D eigenvalue weighted by molar-refractivity contribution is -0.145. The standard InChI is InChI=1S/C22H32N2O3/c1-16-14-18(22(2,3)4)8-7-17(16)15-20(25)23-9-11-24(12-10-23)21(26)19-6-5-13-27-19/h7-8,14,19H,5-6,9-13,15H2,1-4H3. The Morgan fingerprint density at radius 1 is 1.11 bits per heavy atom. The van der Waals surface area contributed by atoms with Gasteiger partial charge in [0, 0.05) is 32.8 Å². The van der Waals surface area contributed by atoms with E-state index in [2.05, 4.69) is 45.9 Å². The van der Waals surface area contributed by atoms with Crippen molar-refractivity contribution in [2.45, 2.75) is 58.5 Å². The molecule has 2 amide bonds. The summed E-state index contributed by atoms with van der Waals surface area (Å²) in [4.78, 5) is 28.9. The lowest BCUT2D eigenvalue weighted by Crippen LogP contribution is -2.53. The molecule has 1 unspecified atom stereocenters. The monoisotopic (exact) mass is 372 g/mol. The molecular weight excluding hydrogens is 340 g/mol. The fourth-order valence-corrected chi connectivity index (χ4v) is 3.79. The predicted octanol–water partition coefficient (Wildman–Crippen LogP) is 2.68. The molecule has 0 saturated carbocycles. The van der Waals surface area contributed by atoms with Gasteiger partial charge in [0.1, 0.15) is 6.10 Å². The number of hydrogen-bond acceptors (Lipinski definition) is 3. The topological polar surface area (TPSA) is 49.9 Å². The number of carbonyl (C=O) groups excluding carboxylic acids is 2. The number of aryl methyl sites for hydroxylation is 1. The summed E-state index contributed by atoms with van der Waals surface area (Å²) in [6.07, 6.45) is 1.94. The van der Waals surface area contributed by atoms with Gasteiger partial charge in [-0.2, -0.15) is 0 Å². The third-order valence-corrected chi connectivity index (χ3v) is 5.70. The molecule has 1 aromatic rings. The molecule has 27 heavy (non-hydrogen) atoms. The highest BCUT2D eigenvalue weighted by atomic mass is 16.5. The lowest BCUT2D eigenvalue weighted by atomic mass is 9.85. The Hall–Kier alpha value is -1.88. The van der Waals surface area contributed by atoms with Crippen LogP contribution in [-0.2, 0) is 26.2 Å². The average Bonchev–Trinajstić information content (AvgIpc) is 3.16. The van der Waals surface area contributed by atoms with Crippen LogP contribution in [0.25, 0.3) is 0 Å². The minimum Gasteiger partial charge on any atom is -0.368 e. The predicted molar refractivity (Wildman–Crippen MR) is 106 cm³/mol. The highest BCUT2D eigenvalue weighted by Gasteiger charge is 2.31. The quantitative estimate of drug-likeness (QED) is 0.820. The molecule has 148 valence electrons. The van der Waals surface area contributed by atoms with Crippen LogP contribution in [-0.4, -0.2) is 60.5 Å². The maximum Gasteiger partial charge on any atom is 0.251 e. The van der Waals surface area contributed by atoms with Gasteiger partial charge in [-0.1, -0.05) is 39.0 Å². The van der Waals surface area contributed by atoms with E-state index in [0.717, 1.165) is 18.4 Å². The first-order valence-corrected chi connectivity index (χ1v) is 10.0. The molecule has 2 heterocycles. The number of hydrogen-bond donors (Lipinski definition) is 0. The molecule has 0 N–H and O–H groups in total. The van der Waals surface area contributed by atoms with Crippen LogP contribution >= 0.6 is 0 Å². The van der Waals surface area contributed by atoms with Crippen LogP contribution < -0.4 is 0 Å². The second-order valence-corrected chi connectivity index (χ2v) is 8.78. The van der Waals surface area contributed by atoms with Gasteiger partial charge in [-0.05, 0) is 41.9 Å². The molecule has 0 spiro atoms. The van der Waals surface area contributed by atoms with Gasteiger partial charge in [0.2, 0.25) is 5.91 Å². The molecule has 2 saturated heterocycles. The summed E-state index contributed by atoms with van der Waals surface area (Å²) in [5.41, 5.74) is 3.66. The van der Waals surface area contributed by atoms with E-state index in [9.17, 15) is 9.59 Å². The van der Waals surface area contributed by atoms with Crippen LogP contribution in [0.3, 0.4) is 0 Å². The largest absolute Gasteiger partial charge is 0.368 e. The summed E-state index contributed by atoms with van der Waals surface area (Å²) in [5.74, 6) is 0.235. The van der Waals surface area contributed by atoms with Crippen molar-refractivity contribution >= 4 is 11.8 Å². The van der Waals surface area contributed by atoms with Crippen LogP contribution in [0.2, 0.25) is 0 Å². The average molecular weight is 373 g/mol. The number of ether oxygens (including phenoxy) is 1. The van der Waals surface area contributed by atoms with Gasteiger partial charge in [-0.3, -0.25) is 9.59 Å². The molecule has 0 aliphatic carbocycles. The third kappa shape index (κ3) is 4.70. The summed E-state index contributed by atoms with van der Waals surface area (Å²) < 4.78 is 5.50. The van der Waals surface area contributed by atoms with Gasteiger partial charge in [0.25, 0.3) is 5.91 Å². The number of benzene rings is 1. The summed E-state index contributed by atoms with van der Waals surface area (Å²) in [6, 6.07) is 6.42. The Bertz CT molecular complexity index is 694. The van der Waals surface area contributed by atoms with E-state index in [1.165, 1.54) is 11.1 Å². The highest BCUT2D eigenvalue weighted by Crippen LogP contribution is 2.25. The Kier molecular flexibility index (Phi) is 5.89. The van der Waals surface area contributed by atoms with Crippen molar-refractivity contribution in [3.8, 4) is 0 Å². The van der Waals surface area contributed by atoms with E-state index in [1.807, 2.05) is 9.80 Å². The van der Waals surface area contributed by atoms with E-state index in [0.29, 0.717) is 39.2 Å². The van der Waals surface area contributed by atoms with Crippen molar-refractivity contribution in [2.24, 2.45) is 0 Å². The molecule has 2 aliphatic heterocycles. The molecule has 2 aliphatic rings. The van der Waals surface area contributed by atoms with E-state index >= 15 is 0 Å². The lowest BCUT2D eigenvalue weighted by Gasteiger charge is -2.36. The van der Waals surface area contributed by atoms with E-state index in [4.69, 9.17) is 4.74 Å². The zero-order valence-corrected chi connectivity index (χ0v) is 17.1. The highest BCUT2D eigenvalue weighted by molar-refractivity contribution is 5.82. The van der Waals surface area contributed by atoms with Gasteiger partial charge in [-0.15, -0.1) is 0 Å². The van der Waals surface area contributed by atoms with Gasteiger partial charge >= 0.3 is 0 Å². The summed E-state index contributed by atoms with van der Waals surface area (Å²) in [7, 11) is 0. The minimum absolute atomic E-state index is 0.0909. The van der Waals surface area contributed by atoms with Gasteiger partial charge in [-0.25, -0.2) is 0 Å². The molecule has 1 aromatic carbocycles. The van der Waals surface area contributed by atoms with Crippen LogP contribution in [0.1, 0.15) is 50.3 Å². The van der Waals surface area contributed by atoms with Crippen molar-refractivity contribution in [3.05, 3.63) is 34.9 Å². The van der Waals surface area contributed by atoms with Crippen molar-refractivity contribution in [2.75, 3.05) is 32.8 Å². The van der Waals surface area contributed by atoms with Crippen LogP contribution in [0.4, 0.5) is 0 Å². The fraction of sp³-hybridized carbons (Fsp3) is 0.636. The molecule has 5 heteroatoms. The first-order valence-electron chi connectivity index (χ1n) is 10.0. The van der Waals surface area contributed by atoms with Crippen molar-refractivity contribution < 1.29 is 14.3 Å². The normalized spacial score (nSPS) is 20.8. The zero-order chi connectivity index (χ0) is 19.6. The first kappa shape index (κ1) is 19.9. The number of amides is 2. The van der Waals surface area contributed by atoms with Crippen LogP contribution in [0.5, 0.6) is 0 Å². The Morgan fingerprint density at radius 2 is 1.78 bits per heavy atom. The smallest absolute Gasteiger partial charge is 0.251 e. The molecule has 0 aromatic heterocycles. The number of rotatable bonds is 3. The molecular formula is C22H32N2O3. The maximum absolute atomic E-state index is 12.7. The zero-order valence-electron chi connectivity index (χ0n) is 17.1. The second-order valence-electron chi connectivity index (χ2n) is 8.78. The van der Waals surface area contributed by atoms with Gasteiger partial charge < -0.3 is 14.5 Å². The first-order chi connectivity index (χ1) is 12.8. The van der Waals surface area contributed by atoms with Gasteiger partial charge in [0.15, 0.2) is 0 Å². The van der Waals surface area contributed by atoms with Crippen molar-refractivity contribution in [3.63, 3.8) is 0 Å². The fourth-order valence-electron chi connectivity index (χ4n) is 3.79. The number of carbonyl (C=O) groups is 2. The maximum atomic E-state index is 12.7. The van der Waals surface area contributed by atoms with Crippen LogP contribution in [0, 0.1) is 6.92 Å². The summed E-state index contributed by atoms with van der Waals surface area (Å²) in [5, 5.41) is 0. The SMILES string of the molecule is Cc1cc(C(C)(C)C)ccc1CC(=O)N1CCN(C(=O)C2CCCO2)CC1. The molecule has 5 nitrogen and oxygen atoms in total. The van der Waals surface area contributed by atoms with E-state index in [-0.39, 0.29) is 23.3 Å². The number of nitrogens with zero attached hydrogens (tertiary/aromatic N) is 2. The molecule has 1 atom stereocenters. The Labute approximate surface area is 162 Å².